The number of rotatable bonds is 5. The third kappa shape index (κ3) is 4.53. The molecule has 1 heterocycles. The second kappa shape index (κ2) is 9.46. The van der Waals surface area contributed by atoms with E-state index in [1.165, 1.54) is 5.56 Å². The second-order valence-electron chi connectivity index (χ2n) is 8.79. The lowest BCUT2D eigenvalue weighted by Gasteiger charge is -2.45. The van der Waals surface area contributed by atoms with Crippen molar-refractivity contribution in [3.8, 4) is 11.5 Å². The summed E-state index contributed by atoms with van der Waals surface area (Å²) in [4.78, 5) is 14.9. The van der Waals surface area contributed by atoms with Gasteiger partial charge in [-0.3, -0.25) is 0 Å². The Bertz CT molecular complexity index is 1030. The normalized spacial score (nSPS) is 24.8. The van der Waals surface area contributed by atoms with Crippen molar-refractivity contribution in [1.29, 1.82) is 0 Å². The number of likely N-dealkylation sites (tertiary alicyclic amines) is 1. The first kappa shape index (κ1) is 23.8. The number of benzene rings is 2. The predicted octanol–water partition coefficient (Wildman–Crippen LogP) is 5.06. The van der Waals surface area contributed by atoms with Crippen LogP contribution in [-0.2, 0) is 5.41 Å². The summed E-state index contributed by atoms with van der Waals surface area (Å²) in [5.74, 6) is -0.131. The number of nitrogens with zero attached hydrogens (tertiary/aromatic N) is 1. The SMILES string of the molecule is COc1ccc([C@@]23CC[C@@H](NC(=O)Nc4c(F)cc(F)cc4Br)C[C@@H]2N(C)CC3)cc1OC. The van der Waals surface area contributed by atoms with Crippen LogP contribution < -0.4 is 20.1 Å². The van der Waals surface area contributed by atoms with Gasteiger partial charge in [0, 0.05) is 28.0 Å². The van der Waals surface area contributed by atoms with Crippen molar-refractivity contribution in [2.45, 2.75) is 43.2 Å². The van der Waals surface area contributed by atoms with Crippen molar-refractivity contribution in [1.82, 2.24) is 10.2 Å². The topological polar surface area (TPSA) is 62.8 Å². The van der Waals surface area contributed by atoms with Crippen molar-refractivity contribution >= 4 is 27.6 Å². The lowest BCUT2D eigenvalue weighted by atomic mass is 9.65. The lowest BCUT2D eigenvalue weighted by molar-refractivity contribution is 0.156. The number of ether oxygens (including phenoxy) is 2. The first-order valence-electron chi connectivity index (χ1n) is 10.9. The fourth-order valence-corrected chi connectivity index (χ4v) is 5.90. The highest BCUT2D eigenvalue weighted by molar-refractivity contribution is 9.10. The lowest BCUT2D eigenvalue weighted by Crippen LogP contribution is -2.52. The van der Waals surface area contributed by atoms with Gasteiger partial charge in [0.1, 0.15) is 5.82 Å². The van der Waals surface area contributed by atoms with E-state index in [4.69, 9.17) is 9.47 Å². The molecule has 1 aliphatic carbocycles. The minimum atomic E-state index is -0.830. The van der Waals surface area contributed by atoms with Crippen molar-refractivity contribution in [2.75, 3.05) is 33.1 Å². The Hall–Kier alpha value is -2.39. The van der Waals surface area contributed by atoms with Crippen LogP contribution in [0.25, 0.3) is 0 Å². The summed E-state index contributed by atoms with van der Waals surface area (Å²) in [5, 5.41) is 5.49. The third-order valence-electron chi connectivity index (χ3n) is 7.07. The molecule has 9 heteroatoms. The summed E-state index contributed by atoms with van der Waals surface area (Å²) in [6, 6.07) is 7.66. The van der Waals surface area contributed by atoms with Gasteiger partial charge in [0.05, 0.1) is 19.9 Å². The second-order valence-corrected chi connectivity index (χ2v) is 9.64. The van der Waals surface area contributed by atoms with Crippen LogP contribution in [0.3, 0.4) is 0 Å². The van der Waals surface area contributed by atoms with Crippen LogP contribution in [0.2, 0.25) is 0 Å². The van der Waals surface area contributed by atoms with Gasteiger partial charge in [0.25, 0.3) is 0 Å². The molecule has 0 bridgehead atoms. The van der Waals surface area contributed by atoms with Crippen molar-refractivity contribution in [2.24, 2.45) is 0 Å². The van der Waals surface area contributed by atoms with Crippen molar-refractivity contribution < 1.29 is 23.0 Å². The van der Waals surface area contributed by atoms with E-state index in [1.54, 1.807) is 14.2 Å². The number of hydrogen-bond acceptors (Lipinski definition) is 4. The summed E-state index contributed by atoms with van der Waals surface area (Å²) >= 11 is 3.10. The van der Waals surface area contributed by atoms with Gasteiger partial charge < -0.3 is 25.0 Å². The predicted molar refractivity (Wildman–Crippen MR) is 126 cm³/mol. The molecular formula is C24H28BrF2N3O3. The fourth-order valence-electron chi connectivity index (χ4n) is 5.39. The molecular weight excluding hydrogens is 496 g/mol. The summed E-state index contributed by atoms with van der Waals surface area (Å²) in [5.41, 5.74) is 1.10. The van der Waals surface area contributed by atoms with Gasteiger partial charge in [-0.25, -0.2) is 13.6 Å². The molecule has 0 radical (unpaired) electrons. The summed E-state index contributed by atoms with van der Waals surface area (Å²) in [6.07, 6.45) is 3.48. The van der Waals surface area contributed by atoms with E-state index in [0.29, 0.717) is 11.5 Å². The van der Waals surface area contributed by atoms with E-state index in [-0.39, 0.29) is 27.7 Å². The summed E-state index contributed by atoms with van der Waals surface area (Å²) in [7, 11) is 5.38. The van der Waals surface area contributed by atoms with Crippen LogP contribution in [-0.4, -0.2) is 50.8 Å². The smallest absolute Gasteiger partial charge is 0.319 e. The summed E-state index contributed by atoms with van der Waals surface area (Å²) < 4.78 is 38.5. The highest BCUT2D eigenvalue weighted by Crippen LogP contribution is 2.49. The number of carbonyl (C=O) groups is 1. The zero-order chi connectivity index (χ0) is 23.8. The quantitative estimate of drug-likeness (QED) is 0.574. The van der Waals surface area contributed by atoms with Crippen LogP contribution in [0, 0.1) is 11.6 Å². The average Bonchev–Trinajstić information content (AvgIpc) is 3.13. The zero-order valence-electron chi connectivity index (χ0n) is 18.9. The largest absolute Gasteiger partial charge is 0.493 e. The number of methoxy groups -OCH3 is 2. The van der Waals surface area contributed by atoms with E-state index in [2.05, 4.69) is 50.6 Å². The molecule has 2 N–H and O–H groups in total. The number of urea groups is 1. The number of likely N-dealkylation sites (N-methyl/N-ethyl adjacent to an activating group) is 1. The maximum atomic E-state index is 14.1. The fraction of sp³-hybridized carbons (Fsp3) is 0.458. The first-order chi connectivity index (χ1) is 15.8. The Morgan fingerprint density at radius 1 is 1.15 bits per heavy atom. The minimum Gasteiger partial charge on any atom is -0.493 e. The Balaban J connectivity index is 1.49. The van der Waals surface area contributed by atoms with Crippen LogP contribution in [0.4, 0.5) is 19.3 Å². The highest BCUT2D eigenvalue weighted by atomic mass is 79.9. The minimum absolute atomic E-state index is 0.0327. The molecule has 1 saturated heterocycles. The number of carbonyl (C=O) groups excluding carboxylic acids is 1. The molecule has 1 aliphatic heterocycles. The number of hydrogen-bond donors (Lipinski definition) is 2. The summed E-state index contributed by atoms with van der Waals surface area (Å²) in [6.45, 7) is 0.964. The molecule has 2 amide bonds. The van der Waals surface area contributed by atoms with Gasteiger partial charge in [-0.2, -0.15) is 0 Å². The van der Waals surface area contributed by atoms with Crippen LogP contribution in [0.15, 0.2) is 34.8 Å². The van der Waals surface area contributed by atoms with Gasteiger partial charge in [0.15, 0.2) is 17.3 Å². The van der Waals surface area contributed by atoms with E-state index < -0.39 is 17.7 Å². The maximum Gasteiger partial charge on any atom is 0.319 e. The highest BCUT2D eigenvalue weighted by Gasteiger charge is 2.50. The molecule has 0 spiro atoms. The average molecular weight is 524 g/mol. The number of halogens is 3. The van der Waals surface area contributed by atoms with E-state index in [1.807, 2.05) is 6.07 Å². The van der Waals surface area contributed by atoms with Crippen LogP contribution >= 0.6 is 15.9 Å². The Labute approximate surface area is 200 Å². The number of fused-ring (bicyclic) bond motifs is 1. The van der Waals surface area contributed by atoms with Gasteiger partial charge in [-0.15, -0.1) is 0 Å². The molecule has 0 unspecified atom stereocenters. The first-order valence-corrected chi connectivity index (χ1v) is 11.7. The number of amides is 2. The molecule has 6 nitrogen and oxygen atoms in total. The zero-order valence-corrected chi connectivity index (χ0v) is 20.5. The van der Waals surface area contributed by atoms with Gasteiger partial charge in [-0.1, -0.05) is 6.07 Å². The number of anilines is 1. The number of nitrogens with one attached hydrogen (secondary N) is 2. The Morgan fingerprint density at radius 3 is 2.61 bits per heavy atom. The van der Waals surface area contributed by atoms with Crippen LogP contribution in [0.5, 0.6) is 11.5 Å². The molecule has 0 aromatic heterocycles. The van der Waals surface area contributed by atoms with E-state index >= 15 is 0 Å². The molecule has 178 valence electrons. The third-order valence-corrected chi connectivity index (χ3v) is 7.69. The molecule has 33 heavy (non-hydrogen) atoms. The van der Waals surface area contributed by atoms with Gasteiger partial charge in [-0.05, 0) is 79.0 Å². The Kier molecular flexibility index (Phi) is 6.81. The molecule has 2 aromatic rings. The van der Waals surface area contributed by atoms with Gasteiger partial charge >= 0.3 is 6.03 Å². The molecule has 1 saturated carbocycles. The molecule has 2 fully saturated rings. The molecule has 4 rings (SSSR count). The standard InChI is InChI=1S/C24H28BrF2N3O3/c1-30-9-8-24(14-4-5-19(32-2)20(10-14)33-3)7-6-16(13-21(24)30)28-23(31)29-22-17(25)11-15(26)12-18(22)27/h4-5,10-12,16,21H,6-9,13H2,1-3H3,(H2,28,29,31)/t16-,21+,24+/m1/s1. The maximum absolute atomic E-state index is 14.1. The molecule has 2 aromatic carbocycles. The van der Waals surface area contributed by atoms with Crippen molar-refractivity contribution in [3.05, 3.63) is 52.0 Å². The molecule has 3 atom stereocenters. The van der Waals surface area contributed by atoms with Crippen molar-refractivity contribution in [3.63, 3.8) is 0 Å². The monoisotopic (exact) mass is 523 g/mol. The molecule has 2 aliphatic rings. The Morgan fingerprint density at radius 2 is 1.91 bits per heavy atom. The van der Waals surface area contributed by atoms with Crippen LogP contribution in [0.1, 0.15) is 31.2 Å². The van der Waals surface area contributed by atoms with E-state index in [0.717, 1.165) is 44.4 Å². The van der Waals surface area contributed by atoms with Gasteiger partial charge in [0.2, 0.25) is 0 Å². The van der Waals surface area contributed by atoms with E-state index in [9.17, 15) is 13.6 Å².